The summed E-state index contributed by atoms with van der Waals surface area (Å²) < 4.78 is 24.8. The van der Waals surface area contributed by atoms with E-state index >= 15 is 0 Å². The van der Waals surface area contributed by atoms with Crippen molar-refractivity contribution >= 4 is 23.1 Å². The number of halogens is 1. The number of aryl methyl sites for hydroxylation is 2. The maximum atomic E-state index is 13.9. The Morgan fingerprint density at radius 2 is 1.90 bits per heavy atom. The first-order valence-electron chi connectivity index (χ1n) is 9.59. The highest BCUT2D eigenvalue weighted by Gasteiger charge is 2.48. The van der Waals surface area contributed by atoms with Crippen LogP contribution < -0.4 is 9.64 Å². The van der Waals surface area contributed by atoms with Crippen LogP contribution >= 0.6 is 0 Å². The Morgan fingerprint density at radius 3 is 2.55 bits per heavy atom. The van der Waals surface area contributed by atoms with Crippen molar-refractivity contribution in [2.75, 3.05) is 12.0 Å². The number of aliphatic hydroxyl groups is 1. The Kier molecular flexibility index (Phi) is 5.10. The summed E-state index contributed by atoms with van der Waals surface area (Å²) in [5, 5.41) is 11.2. The van der Waals surface area contributed by atoms with Crippen LogP contribution in [-0.4, -0.2) is 23.9 Å². The number of aliphatic hydroxyl groups excluding tert-OH is 1. The second kappa shape index (κ2) is 7.75. The standard InChI is InChI=1S/C24H20FNO5/c1-13-10-14(2)23(30-3)17(11-13)21(27)19-20(18-8-5-9-31-18)26(24(29)22(19)28)16-7-4-6-15(25)12-16/h4-12,20,27H,1-3H3/b21-19-. The van der Waals surface area contributed by atoms with E-state index in [9.17, 15) is 19.1 Å². The highest BCUT2D eigenvalue weighted by molar-refractivity contribution is 6.51. The minimum absolute atomic E-state index is 0.160. The van der Waals surface area contributed by atoms with E-state index < -0.39 is 23.5 Å². The number of Topliss-reactive ketones (excluding diaryl/α,β-unsaturated/α-hetero) is 1. The molecule has 1 amide bonds. The molecule has 1 aromatic heterocycles. The maximum Gasteiger partial charge on any atom is 0.300 e. The molecule has 0 spiro atoms. The lowest BCUT2D eigenvalue weighted by Crippen LogP contribution is -2.29. The highest BCUT2D eigenvalue weighted by atomic mass is 19.1. The number of hydrogen-bond donors (Lipinski definition) is 1. The highest BCUT2D eigenvalue weighted by Crippen LogP contribution is 2.44. The maximum absolute atomic E-state index is 13.9. The molecule has 1 saturated heterocycles. The van der Waals surface area contributed by atoms with Gasteiger partial charge in [-0.05, 0) is 61.4 Å². The second-order valence-electron chi connectivity index (χ2n) is 7.33. The molecule has 2 heterocycles. The molecule has 6 nitrogen and oxygen atoms in total. The molecule has 1 unspecified atom stereocenters. The topological polar surface area (TPSA) is 80.0 Å². The third-order valence-corrected chi connectivity index (χ3v) is 5.22. The van der Waals surface area contributed by atoms with Crippen molar-refractivity contribution in [3.8, 4) is 5.75 Å². The number of benzene rings is 2. The third-order valence-electron chi connectivity index (χ3n) is 5.22. The summed E-state index contributed by atoms with van der Waals surface area (Å²) in [6.45, 7) is 3.66. The Labute approximate surface area is 178 Å². The van der Waals surface area contributed by atoms with Crippen LogP contribution in [0.2, 0.25) is 0 Å². The molecule has 3 aromatic rings. The number of ketones is 1. The SMILES string of the molecule is COc1c(C)cc(C)cc1/C(O)=C1/C(=O)C(=O)N(c2cccc(F)c2)C1c1ccco1. The number of amides is 1. The second-order valence-corrected chi connectivity index (χ2v) is 7.33. The molecule has 158 valence electrons. The first-order valence-corrected chi connectivity index (χ1v) is 9.59. The lowest BCUT2D eigenvalue weighted by molar-refractivity contribution is -0.132. The zero-order valence-electron chi connectivity index (χ0n) is 17.2. The summed E-state index contributed by atoms with van der Waals surface area (Å²) in [5.74, 6) is -2.09. The van der Waals surface area contributed by atoms with Crippen LogP contribution in [0.4, 0.5) is 10.1 Å². The molecule has 1 aliphatic rings. The minimum atomic E-state index is -1.07. The lowest BCUT2D eigenvalue weighted by Gasteiger charge is -2.23. The number of hydrogen-bond acceptors (Lipinski definition) is 5. The molecule has 2 aromatic carbocycles. The average Bonchev–Trinajstić information content (AvgIpc) is 3.34. The zero-order chi connectivity index (χ0) is 22.3. The monoisotopic (exact) mass is 421 g/mol. The molecule has 1 aliphatic heterocycles. The van der Waals surface area contributed by atoms with Gasteiger partial charge in [0, 0.05) is 5.69 Å². The molecule has 0 aliphatic carbocycles. The number of nitrogens with zero attached hydrogens (tertiary/aromatic N) is 1. The van der Waals surface area contributed by atoms with E-state index in [0.29, 0.717) is 5.75 Å². The van der Waals surface area contributed by atoms with Gasteiger partial charge >= 0.3 is 0 Å². The Morgan fingerprint density at radius 1 is 1.13 bits per heavy atom. The molecular weight excluding hydrogens is 401 g/mol. The summed E-state index contributed by atoms with van der Waals surface area (Å²) in [5.41, 5.74) is 1.91. The van der Waals surface area contributed by atoms with Gasteiger partial charge in [-0.2, -0.15) is 0 Å². The van der Waals surface area contributed by atoms with E-state index in [1.807, 2.05) is 19.9 Å². The smallest absolute Gasteiger partial charge is 0.300 e. The molecule has 7 heteroatoms. The minimum Gasteiger partial charge on any atom is -0.507 e. The number of anilines is 1. The normalized spacial score (nSPS) is 17.9. The largest absolute Gasteiger partial charge is 0.507 e. The van der Waals surface area contributed by atoms with Crippen LogP contribution in [0.25, 0.3) is 5.76 Å². The first-order chi connectivity index (χ1) is 14.8. The molecular formula is C24H20FNO5. The van der Waals surface area contributed by atoms with E-state index in [1.165, 1.54) is 31.6 Å². The van der Waals surface area contributed by atoms with E-state index in [4.69, 9.17) is 9.15 Å². The summed E-state index contributed by atoms with van der Waals surface area (Å²) >= 11 is 0. The quantitative estimate of drug-likeness (QED) is 0.376. The van der Waals surface area contributed by atoms with Crippen LogP contribution in [0, 0.1) is 19.7 Å². The fourth-order valence-electron chi connectivity index (χ4n) is 3.99. The number of carbonyl (C=O) groups is 2. The Hall–Kier alpha value is -3.87. The van der Waals surface area contributed by atoms with Gasteiger partial charge in [-0.1, -0.05) is 12.1 Å². The van der Waals surface area contributed by atoms with E-state index in [-0.39, 0.29) is 28.3 Å². The molecule has 4 rings (SSSR count). The van der Waals surface area contributed by atoms with Crippen molar-refractivity contribution < 1.29 is 28.2 Å². The van der Waals surface area contributed by atoms with Crippen LogP contribution in [0.15, 0.2) is 64.8 Å². The molecule has 31 heavy (non-hydrogen) atoms. The first kappa shape index (κ1) is 20.4. The number of rotatable bonds is 4. The van der Waals surface area contributed by atoms with Crippen molar-refractivity contribution in [1.29, 1.82) is 0 Å². The van der Waals surface area contributed by atoms with Crippen LogP contribution in [0.5, 0.6) is 5.75 Å². The predicted octanol–water partition coefficient (Wildman–Crippen LogP) is 4.67. The summed E-state index contributed by atoms with van der Waals surface area (Å²) in [6, 6.07) is 11.0. The fourth-order valence-corrected chi connectivity index (χ4v) is 3.99. The summed E-state index contributed by atoms with van der Waals surface area (Å²) in [4.78, 5) is 27.2. The average molecular weight is 421 g/mol. The van der Waals surface area contributed by atoms with Crippen molar-refractivity contribution in [3.05, 3.63) is 88.6 Å². The van der Waals surface area contributed by atoms with E-state index in [0.717, 1.165) is 22.1 Å². The molecule has 0 saturated carbocycles. The van der Waals surface area contributed by atoms with Crippen LogP contribution in [0.1, 0.15) is 28.5 Å². The summed E-state index contributed by atoms with van der Waals surface area (Å²) in [6.07, 6.45) is 1.40. The molecule has 1 N–H and O–H groups in total. The molecule has 1 fully saturated rings. The van der Waals surface area contributed by atoms with Gasteiger partial charge < -0.3 is 14.3 Å². The Bertz CT molecular complexity index is 1210. The number of furan rings is 1. The van der Waals surface area contributed by atoms with Gasteiger partial charge in [-0.25, -0.2) is 4.39 Å². The van der Waals surface area contributed by atoms with Crippen molar-refractivity contribution in [3.63, 3.8) is 0 Å². The molecule has 0 radical (unpaired) electrons. The Balaban J connectivity index is 1.99. The number of methoxy groups -OCH3 is 1. The zero-order valence-corrected chi connectivity index (χ0v) is 17.2. The van der Waals surface area contributed by atoms with E-state index in [2.05, 4.69) is 0 Å². The lowest BCUT2D eigenvalue weighted by atomic mass is 9.96. The van der Waals surface area contributed by atoms with Gasteiger partial charge in [0.25, 0.3) is 11.7 Å². The van der Waals surface area contributed by atoms with Gasteiger partial charge in [-0.3, -0.25) is 14.5 Å². The van der Waals surface area contributed by atoms with Gasteiger partial charge in [0.1, 0.15) is 29.1 Å². The van der Waals surface area contributed by atoms with Crippen molar-refractivity contribution in [2.45, 2.75) is 19.9 Å². The van der Waals surface area contributed by atoms with Crippen LogP contribution in [0.3, 0.4) is 0 Å². The number of carbonyl (C=O) groups excluding carboxylic acids is 2. The molecule has 1 atom stereocenters. The third kappa shape index (κ3) is 3.38. The van der Waals surface area contributed by atoms with Crippen molar-refractivity contribution in [2.24, 2.45) is 0 Å². The van der Waals surface area contributed by atoms with Crippen molar-refractivity contribution in [1.82, 2.24) is 0 Å². The fraction of sp³-hybridized carbons (Fsp3) is 0.167. The molecule has 0 bridgehead atoms. The van der Waals surface area contributed by atoms with Gasteiger partial charge in [0.2, 0.25) is 0 Å². The van der Waals surface area contributed by atoms with Gasteiger partial charge in [-0.15, -0.1) is 0 Å². The van der Waals surface area contributed by atoms with Crippen LogP contribution in [-0.2, 0) is 9.59 Å². The summed E-state index contributed by atoms with van der Waals surface area (Å²) in [7, 11) is 1.46. The number of ether oxygens (including phenoxy) is 1. The van der Waals surface area contributed by atoms with Gasteiger partial charge in [0.15, 0.2) is 0 Å². The van der Waals surface area contributed by atoms with Gasteiger partial charge in [0.05, 0.1) is 24.5 Å². The van der Waals surface area contributed by atoms with E-state index in [1.54, 1.807) is 18.2 Å². The predicted molar refractivity (Wildman–Crippen MR) is 112 cm³/mol.